The number of likely N-dealkylation sites (N-methyl/N-ethyl adjacent to an activating group) is 1. The normalized spacial score (nSPS) is 15.4. The Kier molecular flexibility index (Phi) is 6.31. The quantitative estimate of drug-likeness (QED) is 0.783. The zero-order valence-electron chi connectivity index (χ0n) is 15.6. The highest BCUT2D eigenvalue weighted by Gasteiger charge is 2.33. The van der Waals surface area contributed by atoms with E-state index < -0.39 is 5.92 Å². The number of rotatable bonds is 6. The SMILES string of the molecule is CCN(CC(=O)NCc1ccc(Cl)cc1)C(=O)C1CC(=O)Nc2ccccc21. The zero-order chi connectivity index (χ0) is 20.1. The van der Waals surface area contributed by atoms with E-state index in [-0.39, 0.29) is 30.7 Å². The number of carbonyl (C=O) groups is 3. The van der Waals surface area contributed by atoms with Crippen LogP contribution in [0.5, 0.6) is 0 Å². The Labute approximate surface area is 168 Å². The zero-order valence-corrected chi connectivity index (χ0v) is 16.3. The number of amides is 3. The van der Waals surface area contributed by atoms with E-state index in [1.165, 1.54) is 4.90 Å². The molecule has 1 aliphatic heterocycles. The average molecular weight is 400 g/mol. The number of fused-ring (bicyclic) bond motifs is 1. The van der Waals surface area contributed by atoms with Gasteiger partial charge in [0.05, 0.1) is 12.5 Å². The molecule has 2 aromatic carbocycles. The van der Waals surface area contributed by atoms with Gasteiger partial charge in [-0.2, -0.15) is 0 Å². The molecule has 0 radical (unpaired) electrons. The monoisotopic (exact) mass is 399 g/mol. The van der Waals surface area contributed by atoms with Crippen LogP contribution in [-0.4, -0.2) is 35.7 Å². The highest BCUT2D eigenvalue weighted by molar-refractivity contribution is 6.30. The Bertz CT molecular complexity index is 883. The first-order chi connectivity index (χ1) is 13.5. The van der Waals surface area contributed by atoms with Gasteiger partial charge in [0, 0.05) is 30.2 Å². The minimum Gasteiger partial charge on any atom is -0.350 e. The highest BCUT2D eigenvalue weighted by Crippen LogP contribution is 2.33. The molecular formula is C21H22ClN3O3. The lowest BCUT2D eigenvalue weighted by Crippen LogP contribution is -2.44. The molecule has 1 aliphatic rings. The number of para-hydroxylation sites is 1. The van der Waals surface area contributed by atoms with Crippen molar-refractivity contribution in [2.24, 2.45) is 0 Å². The van der Waals surface area contributed by atoms with Gasteiger partial charge in [0.25, 0.3) is 0 Å². The molecule has 0 aromatic heterocycles. The third-order valence-electron chi connectivity index (χ3n) is 4.73. The second-order valence-corrected chi connectivity index (χ2v) is 7.08. The molecule has 2 N–H and O–H groups in total. The van der Waals surface area contributed by atoms with Crippen molar-refractivity contribution in [1.82, 2.24) is 10.2 Å². The van der Waals surface area contributed by atoms with Crippen molar-refractivity contribution in [3.05, 3.63) is 64.7 Å². The molecule has 3 amide bonds. The third-order valence-corrected chi connectivity index (χ3v) is 4.98. The van der Waals surface area contributed by atoms with Gasteiger partial charge < -0.3 is 15.5 Å². The van der Waals surface area contributed by atoms with Gasteiger partial charge in [-0.05, 0) is 36.2 Å². The Morgan fingerprint density at radius 3 is 2.61 bits per heavy atom. The summed E-state index contributed by atoms with van der Waals surface area (Å²) in [5.41, 5.74) is 2.36. The van der Waals surface area contributed by atoms with E-state index in [9.17, 15) is 14.4 Å². The van der Waals surface area contributed by atoms with E-state index in [4.69, 9.17) is 11.6 Å². The van der Waals surface area contributed by atoms with Crippen LogP contribution < -0.4 is 10.6 Å². The van der Waals surface area contributed by atoms with Gasteiger partial charge in [-0.25, -0.2) is 0 Å². The average Bonchev–Trinajstić information content (AvgIpc) is 2.70. The number of hydrogen-bond acceptors (Lipinski definition) is 3. The maximum atomic E-state index is 13.0. The molecule has 0 fully saturated rings. The van der Waals surface area contributed by atoms with Crippen molar-refractivity contribution in [1.29, 1.82) is 0 Å². The van der Waals surface area contributed by atoms with Gasteiger partial charge in [0.2, 0.25) is 17.7 Å². The van der Waals surface area contributed by atoms with Crippen LogP contribution in [-0.2, 0) is 20.9 Å². The smallest absolute Gasteiger partial charge is 0.239 e. The van der Waals surface area contributed by atoms with Crippen molar-refractivity contribution in [2.75, 3.05) is 18.4 Å². The number of nitrogens with zero attached hydrogens (tertiary/aromatic N) is 1. The molecule has 7 heteroatoms. The van der Waals surface area contributed by atoms with Crippen LogP contribution in [0, 0.1) is 0 Å². The summed E-state index contributed by atoms with van der Waals surface area (Å²) < 4.78 is 0. The molecule has 0 spiro atoms. The van der Waals surface area contributed by atoms with E-state index in [2.05, 4.69) is 10.6 Å². The van der Waals surface area contributed by atoms with Crippen molar-refractivity contribution in [3.63, 3.8) is 0 Å². The predicted molar refractivity (Wildman–Crippen MR) is 108 cm³/mol. The first-order valence-electron chi connectivity index (χ1n) is 9.16. The minimum absolute atomic E-state index is 0.0524. The van der Waals surface area contributed by atoms with Crippen LogP contribution >= 0.6 is 11.6 Å². The lowest BCUT2D eigenvalue weighted by molar-refractivity contribution is -0.138. The third kappa shape index (κ3) is 4.70. The summed E-state index contributed by atoms with van der Waals surface area (Å²) in [7, 11) is 0. The van der Waals surface area contributed by atoms with Crippen molar-refractivity contribution in [3.8, 4) is 0 Å². The predicted octanol–water partition coefficient (Wildman–Crippen LogP) is 2.93. The molecule has 6 nitrogen and oxygen atoms in total. The highest BCUT2D eigenvalue weighted by atomic mass is 35.5. The van der Waals surface area contributed by atoms with Gasteiger partial charge in [0.15, 0.2) is 0 Å². The fourth-order valence-corrected chi connectivity index (χ4v) is 3.36. The van der Waals surface area contributed by atoms with Crippen molar-refractivity contribution in [2.45, 2.75) is 25.8 Å². The first-order valence-corrected chi connectivity index (χ1v) is 9.54. The molecule has 146 valence electrons. The number of anilines is 1. The number of benzene rings is 2. The van der Waals surface area contributed by atoms with Crippen LogP contribution in [0.2, 0.25) is 5.02 Å². The Hall–Kier alpha value is -2.86. The first kappa shape index (κ1) is 19.9. The molecule has 1 heterocycles. The summed E-state index contributed by atoms with van der Waals surface area (Å²) >= 11 is 5.86. The maximum absolute atomic E-state index is 13.0. The fraction of sp³-hybridized carbons (Fsp3) is 0.286. The topological polar surface area (TPSA) is 78.5 Å². The molecule has 2 aromatic rings. The van der Waals surface area contributed by atoms with Crippen LogP contribution in [0.25, 0.3) is 0 Å². The lowest BCUT2D eigenvalue weighted by atomic mass is 9.89. The Morgan fingerprint density at radius 2 is 1.89 bits per heavy atom. The fourth-order valence-electron chi connectivity index (χ4n) is 3.23. The molecule has 28 heavy (non-hydrogen) atoms. The second-order valence-electron chi connectivity index (χ2n) is 6.65. The largest absolute Gasteiger partial charge is 0.350 e. The summed E-state index contributed by atoms with van der Waals surface area (Å²) in [5.74, 6) is -1.24. The van der Waals surface area contributed by atoms with Gasteiger partial charge in [0.1, 0.15) is 0 Å². The van der Waals surface area contributed by atoms with E-state index in [0.29, 0.717) is 23.8 Å². The van der Waals surface area contributed by atoms with Gasteiger partial charge in [-0.15, -0.1) is 0 Å². The molecule has 0 bridgehead atoms. The van der Waals surface area contributed by atoms with E-state index >= 15 is 0 Å². The maximum Gasteiger partial charge on any atom is 0.239 e. The molecule has 3 rings (SSSR count). The summed E-state index contributed by atoms with van der Waals surface area (Å²) in [4.78, 5) is 38.8. The van der Waals surface area contributed by atoms with E-state index in [0.717, 1.165) is 11.1 Å². The molecule has 0 saturated carbocycles. The molecule has 1 atom stereocenters. The van der Waals surface area contributed by atoms with Gasteiger partial charge >= 0.3 is 0 Å². The van der Waals surface area contributed by atoms with E-state index in [1.54, 1.807) is 18.2 Å². The van der Waals surface area contributed by atoms with Crippen LogP contribution in [0.1, 0.15) is 30.4 Å². The van der Waals surface area contributed by atoms with Gasteiger partial charge in [-0.1, -0.05) is 41.9 Å². The number of nitrogens with one attached hydrogen (secondary N) is 2. The standard InChI is InChI=1S/C21H22ClN3O3/c1-2-25(13-20(27)23-12-14-7-9-15(22)10-8-14)21(28)17-11-19(26)24-18-6-4-3-5-16(17)18/h3-10,17H,2,11-13H2,1H3,(H,23,27)(H,24,26). The summed E-state index contributed by atoms with van der Waals surface area (Å²) in [5, 5.41) is 6.23. The summed E-state index contributed by atoms with van der Waals surface area (Å²) in [6.45, 7) is 2.51. The molecular weight excluding hydrogens is 378 g/mol. The van der Waals surface area contributed by atoms with Crippen molar-refractivity contribution >= 4 is 35.0 Å². The number of hydrogen-bond donors (Lipinski definition) is 2. The molecule has 0 aliphatic carbocycles. The molecule has 1 unspecified atom stereocenters. The second kappa shape index (κ2) is 8.89. The number of halogens is 1. The Balaban J connectivity index is 1.64. The van der Waals surface area contributed by atoms with Crippen LogP contribution in [0.15, 0.2) is 48.5 Å². The lowest BCUT2D eigenvalue weighted by Gasteiger charge is -2.29. The molecule has 0 saturated heterocycles. The minimum atomic E-state index is -0.575. The summed E-state index contributed by atoms with van der Waals surface area (Å²) in [6, 6.07) is 14.5. The van der Waals surface area contributed by atoms with Crippen molar-refractivity contribution < 1.29 is 14.4 Å². The van der Waals surface area contributed by atoms with Crippen LogP contribution in [0.4, 0.5) is 5.69 Å². The summed E-state index contributed by atoms with van der Waals surface area (Å²) in [6.07, 6.45) is 0.0821. The van der Waals surface area contributed by atoms with E-state index in [1.807, 2.05) is 37.3 Å². The van der Waals surface area contributed by atoms with Crippen LogP contribution in [0.3, 0.4) is 0 Å². The Morgan fingerprint density at radius 1 is 1.18 bits per heavy atom. The van der Waals surface area contributed by atoms with Gasteiger partial charge in [-0.3, -0.25) is 14.4 Å². The number of carbonyl (C=O) groups excluding carboxylic acids is 3.